The zero-order chi connectivity index (χ0) is 15.0. The molecule has 1 amide bonds. The maximum absolute atomic E-state index is 13.0. The Balaban J connectivity index is 1.99. The van der Waals surface area contributed by atoms with E-state index in [2.05, 4.69) is 15.4 Å². The molecule has 0 aliphatic rings. The fraction of sp³-hybridized carbons (Fsp3) is 0.0714. The first kappa shape index (κ1) is 13.5. The number of benzene rings is 1. The van der Waals surface area contributed by atoms with Gasteiger partial charge in [0.1, 0.15) is 11.4 Å². The SMILES string of the molecule is Cc1nn2cccnc2c1C(=O)Nc1ccc(F)cc1Cl. The molecule has 0 aliphatic carbocycles. The second-order valence-electron chi connectivity index (χ2n) is 4.43. The normalized spacial score (nSPS) is 10.8. The molecule has 0 spiro atoms. The molecular weight excluding hydrogens is 295 g/mol. The van der Waals surface area contributed by atoms with Crippen LogP contribution in [0.25, 0.3) is 5.65 Å². The predicted octanol–water partition coefficient (Wildman–Crippen LogP) is 3.08. The average Bonchev–Trinajstić information content (AvgIpc) is 2.77. The molecule has 1 aromatic carbocycles. The summed E-state index contributed by atoms with van der Waals surface area (Å²) in [6.45, 7) is 1.72. The molecule has 0 saturated heterocycles. The van der Waals surface area contributed by atoms with Crippen molar-refractivity contribution in [2.45, 2.75) is 6.92 Å². The summed E-state index contributed by atoms with van der Waals surface area (Å²) < 4.78 is 14.5. The van der Waals surface area contributed by atoms with Gasteiger partial charge < -0.3 is 5.32 Å². The van der Waals surface area contributed by atoms with Crippen molar-refractivity contribution in [1.29, 1.82) is 0 Å². The number of fused-ring (bicyclic) bond motifs is 1. The van der Waals surface area contributed by atoms with E-state index in [1.54, 1.807) is 25.4 Å². The molecule has 0 aliphatic heterocycles. The predicted molar refractivity (Wildman–Crippen MR) is 77.1 cm³/mol. The number of hydrogen-bond acceptors (Lipinski definition) is 3. The molecule has 2 aromatic heterocycles. The van der Waals surface area contributed by atoms with Gasteiger partial charge >= 0.3 is 0 Å². The third-order valence-corrected chi connectivity index (χ3v) is 3.29. The number of aromatic nitrogens is 3. The number of aryl methyl sites for hydroxylation is 1. The van der Waals surface area contributed by atoms with Crippen molar-refractivity contribution < 1.29 is 9.18 Å². The highest BCUT2D eigenvalue weighted by molar-refractivity contribution is 6.34. The Bertz CT molecular complexity index is 846. The maximum atomic E-state index is 13.0. The smallest absolute Gasteiger partial charge is 0.261 e. The Labute approximate surface area is 124 Å². The zero-order valence-corrected chi connectivity index (χ0v) is 11.7. The summed E-state index contributed by atoms with van der Waals surface area (Å²) in [4.78, 5) is 16.5. The number of anilines is 1. The monoisotopic (exact) mass is 304 g/mol. The summed E-state index contributed by atoms with van der Waals surface area (Å²) in [5.41, 5.74) is 1.68. The second kappa shape index (κ2) is 5.14. The van der Waals surface area contributed by atoms with Crippen LogP contribution >= 0.6 is 11.6 Å². The first-order valence-electron chi connectivity index (χ1n) is 6.12. The topological polar surface area (TPSA) is 59.3 Å². The molecule has 0 atom stereocenters. The van der Waals surface area contributed by atoms with Crippen LogP contribution in [0.1, 0.15) is 16.1 Å². The summed E-state index contributed by atoms with van der Waals surface area (Å²) in [5.74, 6) is -0.860. The van der Waals surface area contributed by atoms with Gasteiger partial charge in [0.2, 0.25) is 0 Å². The van der Waals surface area contributed by atoms with Crippen LogP contribution in [0.2, 0.25) is 5.02 Å². The maximum Gasteiger partial charge on any atom is 0.261 e. The van der Waals surface area contributed by atoms with Gasteiger partial charge in [0.15, 0.2) is 5.65 Å². The van der Waals surface area contributed by atoms with E-state index in [9.17, 15) is 9.18 Å². The molecule has 3 aromatic rings. The quantitative estimate of drug-likeness (QED) is 0.791. The highest BCUT2D eigenvalue weighted by Gasteiger charge is 2.19. The van der Waals surface area contributed by atoms with Crippen LogP contribution < -0.4 is 5.32 Å². The van der Waals surface area contributed by atoms with Crippen molar-refractivity contribution in [2.24, 2.45) is 0 Å². The molecule has 3 rings (SSSR count). The van der Waals surface area contributed by atoms with E-state index < -0.39 is 11.7 Å². The minimum atomic E-state index is -0.466. The number of nitrogens with zero attached hydrogens (tertiary/aromatic N) is 3. The number of carbonyl (C=O) groups excluding carboxylic acids is 1. The zero-order valence-electron chi connectivity index (χ0n) is 11.0. The molecule has 0 saturated carbocycles. The van der Waals surface area contributed by atoms with Crippen LogP contribution in [-0.2, 0) is 0 Å². The molecule has 0 radical (unpaired) electrons. The van der Waals surface area contributed by atoms with Gasteiger partial charge in [0, 0.05) is 12.4 Å². The van der Waals surface area contributed by atoms with Crippen LogP contribution in [0.4, 0.5) is 10.1 Å². The lowest BCUT2D eigenvalue weighted by Crippen LogP contribution is -2.13. The number of carbonyl (C=O) groups is 1. The van der Waals surface area contributed by atoms with Crippen LogP contribution in [-0.4, -0.2) is 20.5 Å². The lowest BCUT2D eigenvalue weighted by atomic mass is 10.2. The summed E-state index contributed by atoms with van der Waals surface area (Å²) in [5, 5.41) is 6.98. The molecule has 0 unspecified atom stereocenters. The van der Waals surface area contributed by atoms with E-state index in [4.69, 9.17) is 11.6 Å². The van der Waals surface area contributed by atoms with E-state index in [1.165, 1.54) is 16.6 Å². The van der Waals surface area contributed by atoms with Crippen molar-refractivity contribution in [2.75, 3.05) is 5.32 Å². The van der Waals surface area contributed by atoms with E-state index >= 15 is 0 Å². The van der Waals surface area contributed by atoms with Gasteiger partial charge in [0.05, 0.1) is 16.4 Å². The van der Waals surface area contributed by atoms with Crippen LogP contribution in [0.5, 0.6) is 0 Å². The van der Waals surface area contributed by atoms with Crippen molar-refractivity contribution in [3.8, 4) is 0 Å². The number of rotatable bonds is 2. The van der Waals surface area contributed by atoms with E-state index in [-0.39, 0.29) is 5.02 Å². The van der Waals surface area contributed by atoms with E-state index in [1.807, 2.05) is 0 Å². The van der Waals surface area contributed by atoms with Gasteiger partial charge in [-0.2, -0.15) is 5.10 Å². The van der Waals surface area contributed by atoms with Crippen molar-refractivity contribution in [3.63, 3.8) is 0 Å². The van der Waals surface area contributed by atoms with Gasteiger partial charge in [-0.3, -0.25) is 4.79 Å². The summed E-state index contributed by atoms with van der Waals surface area (Å²) in [6, 6.07) is 5.49. The number of hydrogen-bond donors (Lipinski definition) is 1. The van der Waals surface area contributed by atoms with Crippen LogP contribution in [0.3, 0.4) is 0 Å². The Morgan fingerprint density at radius 2 is 2.24 bits per heavy atom. The molecule has 0 fully saturated rings. The Morgan fingerprint density at radius 3 is 3.00 bits per heavy atom. The van der Waals surface area contributed by atoms with Crippen LogP contribution in [0, 0.1) is 12.7 Å². The fourth-order valence-electron chi connectivity index (χ4n) is 2.04. The van der Waals surface area contributed by atoms with Crippen LogP contribution in [0.15, 0.2) is 36.7 Å². The fourth-order valence-corrected chi connectivity index (χ4v) is 2.25. The molecule has 0 bridgehead atoms. The summed E-state index contributed by atoms with van der Waals surface area (Å²) in [7, 11) is 0. The molecule has 1 N–H and O–H groups in total. The molecule has 7 heteroatoms. The summed E-state index contributed by atoms with van der Waals surface area (Å²) >= 11 is 5.90. The average molecular weight is 305 g/mol. The third kappa shape index (κ3) is 2.45. The highest BCUT2D eigenvalue weighted by atomic mass is 35.5. The minimum absolute atomic E-state index is 0.130. The molecular formula is C14H10ClFN4O. The number of halogens is 2. The Morgan fingerprint density at radius 1 is 1.43 bits per heavy atom. The number of amides is 1. The standard InChI is InChI=1S/C14H10ClFN4O/c1-8-12(13-17-5-2-6-20(13)19-8)14(21)18-11-4-3-9(16)7-10(11)15/h2-7H,1H3,(H,18,21). The number of nitrogens with one attached hydrogen (secondary N) is 1. The molecule has 106 valence electrons. The minimum Gasteiger partial charge on any atom is -0.320 e. The van der Waals surface area contributed by atoms with Gasteiger partial charge in [-0.05, 0) is 31.2 Å². The summed E-state index contributed by atoms with van der Waals surface area (Å²) in [6.07, 6.45) is 3.29. The third-order valence-electron chi connectivity index (χ3n) is 2.98. The lowest BCUT2D eigenvalue weighted by Gasteiger charge is -2.06. The van der Waals surface area contributed by atoms with Gasteiger partial charge in [-0.15, -0.1) is 0 Å². The first-order valence-corrected chi connectivity index (χ1v) is 6.50. The van der Waals surface area contributed by atoms with Crippen molar-refractivity contribution >= 4 is 28.8 Å². The highest BCUT2D eigenvalue weighted by Crippen LogP contribution is 2.24. The second-order valence-corrected chi connectivity index (χ2v) is 4.83. The molecule has 21 heavy (non-hydrogen) atoms. The lowest BCUT2D eigenvalue weighted by molar-refractivity contribution is 0.102. The molecule has 5 nitrogen and oxygen atoms in total. The Kier molecular flexibility index (Phi) is 3.31. The largest absolute Gasteiger partial charge is 0.320 e. The van der Waals surface area contributed by atoms with Crippen molar-refractivity contribution in [1.82, 2.24) is 14.6 Å². The Hall–Kier alpha value is -2.47. The van der Waals surface area contributed by atoms with Gasteiger partial charge in [-0.1, -0.05) is 11.6 Å². The van der Waals surface area contributed by atoms with Gasteiger partial charge in [0.25, 0.3) is 5.91 Å². The molecule has 2 heterocycles. The van der Waals surface area contributed by atoms with Gasteiger partial charge in [-0.25, -0.2) is 13.9 Å². The van der Waals surface area contributed by atoms with E-state index in [0.29, 0.717) is 22.6 Å². The van der Waals surface area contributed by atoms with Crippen molar-refractivity contribution in [3.05, 3.63) is 58.8 Å². The van der Waals surface area contributed by atoms with E-state index in [0.717, 1.165) is 6.07 Å². The first-order chi connectivity index (χ1) is 10.1.